The van der Waals surface area contributed by atoms with Gasteiger partial charge in [0.05, 0.1) is 6.10 Å². The van der Waals surface area contributed by atoms with E-state index in [4.69, 9.17) is 4.74 Å². The summed E-state index contributed by atoms with van der Waals surface area (Å²) in [5, 5.41) is 21.0. The van der Waals surface area contributed by atoms with E-state index in [9.17, 15) is 15.0 Å². The molecular weight excluding hydrogens is 376 g/mol. The topological polar surface area (TPSA) is 66.8 Å². The van der Waals surface area contributed by atoms with Crippen molar-refractivity contribution in [2.24, 2.45) is 23.2 Å². The molecule has 1 unspecified atom stereocenters. The van der Waals surface area contributed by atoms with Gasteiger partial charge < -0.3 is 14.9 Å². The van der Waals surface area contributed by atoms with Crippen molar-refractivity contribution in [3.8, 4) is 5.75 Å². The van der Waals surface area contributed by atoms with E-state index < -0.39 is 0 Å². The van der Waals surface area contributed by atoms with Crippen LogP contribution in [0.3, 0.4) is 0 Å². The summed E-state index contributed by atoms with van der Waals surface area (Å²) in [6.07, 6.45) is 8.85. The maximum absolute atomic E-state index is 12.0. The second-order valence-corrected chi connectivity index (χ2v) is 10.3. The molecule has 0 aromatic heterocycles. The average molecular weight is 415 g/mol. The monoisotopic (exact) mass is 414 g/mol. The highest BCUT2D eigenvalue weighted by molar-refractivity contribution is 5.66. The van der Waals surface area contributed by atoms with E-state index >= 15 is 0 Å². The summed E-state index contributed by atoms with van der Waals surface area (Å²) in [4.78, 5) is 12.0. The Kier molecular flexibility index (Phi) is 6.16. The molecule has 1 aromatic carbocycles. The van der Waals surface area contributed by atoms with Gasteiger partial charge in [0.1, 0.15) is 11.9 Å². The number of rotatable bonds is 6. The van der Waals surface area contributed by atoms with Gasteiger partial charge in [0.2, 0.25) is 0 Å². The highest BCUT2D eigenvalue weighted by Gasteiger charge is 2.57. The van der Waals surface area contributed by atoms with Gasteiger partial charge in [0, 0.05) is 12.8 Å². The molecule has 0 spiro atoms. The lowest BCUT2D eigenvalue weighted by atomic mass is 9.51. The van der Waals surface area contributed by atoms with Crippen LogP contribution in [0.2, 0.25) is 0 Å². The molecule has 0 heterocycles. The fourth-order valence-corrected chi connectivity index (χ4v) is 7.20. The Morgan fingerprint density at radius 3 is 2.80 bits per heavy atom. The van der Waals surface area contributed by atoms with Crippen LogP contribution in [-0.4, -0.2) is 28.4 Å². The number of hydrogen-bond acceptors (Lipinski definition) is 4. The Balaban J connectivity index is 1.73. The molecule has 2 saturated carbocycles. The van der Waals surface area contributed by atoms with Gasteiger partial charge in [0.15, 0.2) is 0 Å². The van der Waals surface area contributed by atoms with Crippen molar-refractivity contribution >= 4 is 5.97 Å². The quantitative estimate of drug-likeness (QED) is 0.487. The fraction of sp³-hybridized carbons (Fsp3) is 0.731. The molecule has 0 amide bonds. The number of unbranched alkanes of at least 4 members (excludes halogenated alkanes) is 2. The molecule has 0 bridgehead atoms. The lowest BCUT2D eigenvalue weighted by molar-refractivity contribution is -0.154. The Hall–Kier alpha value is -1.55. The van der Waals surface area contributed by atoms with Crippen LogP contribution in [-0.2, 0) is 16.0 Å². The third-order valence-electron chi connectivity index (χ3n) is 8.65. The van der Waals surface area contributed by atoms with Crippen molar-refractivity contribution < 1.29 is 19.7 Å². The van der Waals surface area contributed by atoms with Crippen LogP contribution in [0.25, 0.3) is 0 Å². The summed E-state index contributed by atoms with van der Waals surface area (Å²) in [6, 6.07) is 5.86. The van der Waals surface area contributed by atoms with Crippen LogP contribution in [0, 0.1) is 23.2 Å². The van der Waals surface area contributed by atoms with E-state index in [2.05, 4.69) is 19.9 Å². The summed E-state index contributed by atoms with van der Waals surface area (Å²) >= 11 is 0. The van der Waals surface area contributed by atoms with Gasteiger partial charge in [-0.1, -0.05) is 32.8 Å². The molecule has 166 valence electrons. The Morgan fingerprint density at radius 1 is 1.27 bits per heavy atom. The number of aromatic hydroxyl groups is 1. The first-order valence-corrected chi connectivity index (χ1v) is 12.0. The summed E-state index contributed by atoms with van der Waals surface area (Å²) in [5.41, 5.74) is 2.56. The van der Waals surface area contributed by atoms with E-state index in [-0.39, 0.29) is 29.5 Å². The zero-order valence-corrected chi connectivity index (χ0v) is 18.8. The SMILES string of the molecule is CCCCCC(OC(C)=O)[C@@H]1Cc2cc(O)ccc2[C@H]2CC[C@]3(C)[C@@H](O)CC[C@H]3[C@@H]21. The van der Waals surface area contributed by atoms with Gasteiger partial charge in [-0.05, 0) is 91.4 Å². The molecule has 3 aliphatic carbocycles. The first kappa shape index (κ1) is 21.7. The largest absolute Gasteiger partial charge is 0.508 e. The summed E-state index contributed by atoms with van der Waals surface area (Å²) in [6.45, 7) is 6.01. The number of carbonyl (C=O) groups is 1. The van der Waals surface area contributed by atoms with Crippen molar-refractivity contribution in [1.82, 2.24) is 0 Å². The van der Waals surface area contributed by atoms with Crippen LogP contribution < -0.4 is 0 Å². The number of hydrogen-bond donors (Lipinski definition) is 2. The molecule has 4 rings (SSSR count). The molecule has 0 aliphatic heterocycles. The van der Waals surface area contributed by atoms with Crippen molar-refractivity contribution in [2.75, 3.05) is 0 Å². The zero-order valence-electron chi connectivity index (χ0n) is 18.8. The van der Waals surface area contributed by atoms with Gasteiger partial charge in [-0.3, -0.25) is 4.79 Å². The Bertz CT molecular complexity index is 774. The van der Waals surface area contributed by atoms with Gasteiger partial charge >= 0.3 is 5.97 Å². The van der Waals surface area contributed by atoms with Crippen molar-refractivity contribution in [3.05, 3.63) is 29.3 Å². The third-order valence-corrected chi connectivity index (χ3v) is 8.65. The third kappa shape index (κ3) is 3.77. The lowest BCUT2D eigenvalue weighted by Gasteiger charge is -2.54. The van der Waals surface area contributed by atoms with Crippen LogP contribution in [0.15, 0.2) is 18.2 Å². The summed E-state index contributed by atoms with van der Waals surface area (Å²) in [5.74, 6) is 1.68. The Labute approximate surface area is 181 Å². The molecule has 0 radical (unpaired) electrons. The van der Waals surface area contributed by atoms with E-state index in [0.717, 1.165) is 57.8 Å². The minimum absolute atomic E-state index is 0.0297. The number of phenolic OH excluding ortho intramolecular Hbond substituents is 1. The van der Waals surface area contributed by atoms with Crippen LogP contribution in [0.4, 0.5) is 0 Å². The van der Waals surface area contributed by atoms with Crippen LogP contribution in [0.1, 0.15) is 89.2 Å². The van der Waals surface area contributed by atoms with E-state index in [1.165, 1.54) is 18.1 Å². The molecule has 0 saturated heterocycles. The first-order chi connectivity index (χ1) is 14.3. The standard InChI is InChI=1S/C26H38O4/c1-4-5-6-7-23(30-16(2)27)21-15-17-14-18(28)8-9-19(17)20-12-13-26(3)22(25(20)21)10-11-24(26)29/h8-9,14,20-25,28-29H,4-7,10-13,15H2,1-3H3/t20-,21+,22+,23?,24+,25+,26+/m1/s1. The number of carbonyl (C=O) groups excluding carboxylic acids is 1. The smallest absolute Gasteiger partial charge is 0.302 e. The summed E-state index contributed by atoms with van der Waals surface area (Å²) < 4.78 is 5.97. The molecule has 1 aromatic rings. The second-order valence-electron chi connectivity index (χ2n) is 10.3. The Morgan fingerprint density at radius 2 is 2.07 bits per heavy atom. The lowest BCUT2D eigenvalue weighted by Crippen LogP contribution is -2.50. The van der Waals surface area contributed by atoms with E-state index in [0.29, 0.717) is 23.5 Å². The number of ether oxygens (including phenoxy) is 1. The molecular formula is C26H38O4. The maximum atomic E-state index is 12.0. The number of fused-ring (bicyclic) bond motifs is 5. The predicted octanol–water partition coefficient (Wildman–Crippen LogP) is 5.35. The molecule has 4 heteroatoms. The van der Waals surface area contributed by atoms with Crippen molar-refractivity contribution in [2.45, 2.75) is 96.7 Å². The normalized spacial score (nSPS) is 35.8. The zero-order chi connectivity index (χ0) is 21.5. The molecule has 4 nitrogen and oxygen atoms in total. The molecule has 2 N–H and O–H groups in total. The number of benzene rings is 1. The highest BCUT2D eigenvalue weighted by Crippen LogP contribution is 2.63. The van der Waals surface area contributed by atoms with Crippen molar-refractivity contribution in [3.63, 3.8) is 0 Å². The van der Waals surface area contributed by atoms with Gasteiger partial charge in [-0.15, -0.1) is 0 Å². The molecule has 2 fully saturated rings. The number of phenols is 1. The first-order valence-electron chi connectivity index (χ1n) is 12.0. The molecule has 7 atom stereocenters. The maximum Gasteiger partial charge on any atom is 0.302 e. The number of aliphatic hydroxyl groups is 1. The second kappa shape index (κ2) is 8.53. The van der Waals surface area contributed by atoms with Gasteiger partial charge in [-0.2, -0.15) is 0 Å². The van der Waals surface area contributed by atoms with Crippen molar-refractivity contribution in [1.29, 1.82) is 0 Å². The van der Waals surface area contributed by atoms with Crippen LogP contribution >= 0.6 is 0 Å². The minimum Gasteiger partial charge on any atom is -0.508 e. The minimum atomic E-state index is -0.224. The average Bonchev–Trinajstić information content (AvgIpc) is 3.01. The molecule has 3 aliphatic rings. The number of esters is 1. The fourth-order valence-electron chi connectivity index (χ4n) is 7.20. The predicted molar refractivity (Wildman–Crippen MR) is 117 cm³/mol. The van der Waals surface area contributed by atoms with Gasteiger partial charge in [0.25, 0.3) is 0 Å². The van der Waals surface area contributed by atoms with E-state index in [1.807, 2.05) is 12.1 Å². The molecule has 30 heavy (non-hydrogen) atoms. The van der Waals surface area contributed by atoms with Gasteiger partial charge in [-0.25, -0.2) is 0 Å². The van der Waals surface area contributed by atoms with Crippen LogP contribution in [0.5, 0.6) is 5.75 Å². The highest BCUT2D eigenvalue weighted by atomic mass is 16.5. The van der Waals surface area contributed by atoms with E-state index in [1.54, 1.807) is 0 Å². The summed E-state index contributed by atoms with van der Waals surface area (Å²) in [7, 11) is 0. The number of aliphatic hydroxyl groups excluding tert-OH is 1.